The molecule has 0 saturated carbocycles. The third-order valence-corrected chi connectivity index (χ3v) is 6.04. The Kier molecular flexibility index (Phi) is 5.52. The first-order chi connectivity index (χ1) is 13.1. The van der Waals surface area contributed by atoms with Crippen LogP contribution in [0.5, 0.6) is 5.88 Å². The second-order valence-electron chi connectivity index (χ2n) is 6.20. The van der Waals surface area contributed by atoms with Crippen LogP contribution < -0.4 is 4.18 Å². The summed E-state index contributed by atoms with van der Waals surface area (Å²) in [7, 11) is -2.65. The molecule has 0 aliphatic rings. The molecule has 9 heteroatoms. The van der Waals surface area contributed by atoms with Gasteiger partial charge in [-0.05, 0) is 44.2 Å². The molecule has 3 rings (SSSR count). The van der Waals surface area contributed by atoms with Gasteiger partial charge in [0.15, 0.2) is 5.78 Å². The van der Waals surface area contributed by atoms with Gasteiger partial charge >= 0.3 is 10.1 Å². The first-order valence-corrected chi connectivity index (χ1v) is 10.3. The molecule has 0 radical (unpaired) electrons. The molecule has 0 unspecified atom stereocenters. The average molecular weight is 439 g/mol. The van der Waals surface area contributed by atoms with Gasteiger partial charge in [-0.3, -0.25) is 4.79 Å². The van der Waals surface area contributed by atoms with E-state index in [1.54, 1.807) is 19.1 Å². The highest BCUT2D eigenvalue weighted by Crippen LogP contribution is 2.30. The van der Waals surface area contributed by atoms with Gasteiger partial charge in [0.1, 0.15) is 10.5 Å². The van der Waals surface area contributed by atoms with E-state index in [4.69, 9.17) is 27.4 Å². The SMILES string of the molecule is Cc1ccc(S(=O)(=O)Oc2c(C(=O)c3ccc(Cl)c(Cl)c3)c(C)nn2C)cc1. The molecule has 0 atom stereocenters. The van der Waals surface area contributed by atoms with Crippen LogP contribution >= 0.6 is 23.2 Å². The zero-order valence-electron chi connectivity index (χ0n) is 15.2. The van der Waals surface area contributed by atoms with Crippen molar-refractivity contribution < 1.29 is 17.4 Å². The fourth-order valence-corrected chi connectivity index (χ4v) is 3.90. The molecule has 0 fully saturated rings. The van der Waals surface area contributed by atoms with Gasteiger partial charge in [-0.15, -0.1) is 0 Å². The molecule has 0 aliphatic heterocycles. The highest BCUT2D eigenvalue weighted by atomic mass is 35.5. The Hall–Kier alpha value is -2.35. The Bertz CT molecular complexity index is 1170. The first-order valence-electron chi connectivity index (χ1n) is 8.14. The van der Waals surface area contributed by atoms with Gasteiger partial charge in [0, 0.05) is 12.6 Å². The summed E-state index contributed by atoms with van der Waals surface area (Å²) in [4.78, 5) is 13.0. The number of hydrogen-bond acceptors (Lipinski definition) is 5. The number of carbonyl (C=O) groups is 1. The first kappa shape index (κ1) is 20.4. The lowest BCUT2D eigenvalue weighted by molar-refractivity contribution is 0.103. The van der Waals surface area contributed by atoms with Crippen LogP contribution in [0.4, 0.5) is 0 Å². The summed E-state index contributed by atoms with van der Waals surface area (Å²) < 4.78 is 31.9. The second-order valence-corrected chi connectivity index (χ2v) is 8.56. The van der Waals surface area contributed by atoms with Gasteiger partial charge in [0.25, 0.3) is 0 Å². The zero-order valence-corrected chi connectivity index (χ0v) is 17.6. The van der Waals surface area contributed by atoms with Crippen LogP contribution in [-0.2, 0) is 17.2 Å². The standard InChI is InChI=1S/C19H16Cl2N2O4S/c1-11-4-7-14(8-5-11)28(25,26)27-19-17(12(2)22-23(19)3)18(24)13-6-9-15(20)16(21)10-13/h4-10H,1-3H3. The van der Waals surface area contributed by atoms with Crippen LogP contribution in [0.2, 0.25) is 10.0 Å². The van der Waals surface area contributed by atoms with Crippen molar-refractivity contribution >= 4 is 39.1 Å². The highest BCUT2D eigenvalue weighted by molar-refractivity contribution is 7.87. The van der Waals surface area contributed by atoms with Gasteiger partial charge in [-0.1, -0.05) is 40.9 Å². The van der Waals surface area contributed by atoms with E-state index in [9.17, 15) is 13.2 Å². The van der Waals surface area contributed by atoms with E-state index in [1.165, 1.54) is 42.1 Å². The van der Waals surface area contributed by atoms with Crippen molar-refractivity contribution in [3.05, 3.63) is 74.9 Å². The quantitative estimate of drug-likeness (QED) is 0.437. The summed E-state index contributed by atoms with van der Waals surface area (Å²) in [5.74, 6) is -0.646. The maximum atomic E-state index is 13.0. The molecule has 2 aromatic carbocycles. The summed E-state index contributed by atoms with van der Waals surface area (Å²) in [6, 6.07) is 10.6. The minimum atomic E-state index is -4.15. The van der Waals surface area contributed by atoms with E-state index in [0.717, 1.165) is 5.56 Å². The molecule has 0 amide bonds. The predicted molar refractivity (Wildman–Crippen MR) is 107 cm³/mol. The minimum Gasteiger partial charge on any atom is -0.358 e. The van der Waals surface area contributed by atoms with Crippen LogP contribution in [0.25, 0.3) is 0 Å². The molecule has 0 saturated heterocycles. The van der Waals surface area contributed by atoms with Gasteiger partial charge < -0.3 is 4.18 Å². The van der Waals surface area contributed by atoms with E-state index in [0.29, 0.717) is 10.7 Å². The van der Waals surface area contributed by atoms with Crippen LogP contribution in [0.1, 0.15) is 27.2 Å². The summed E-state index contributed by atoms with van der Waals surface area (Å²) in [6.45, 7) is 3.44. The van der Waals surface area contributed by atoms with Gasteiger partial charge in [0.2, 0.25) is 5.88 Å². The lowest BCUT2D eigenvalue weighted by Gasteiger charge is -2.10. The zero-order chi connectivity index (χ0) is 20.6. The number of aromatic nitrogens is 2. The summed E-state index contributed by atoms with van der Waals surface area (Å²) in [5.41, 5.74) is 1.51. The average Bonchev–Trinajstić information content (AvgIpc) is 2.90. The minimum absolute atomic E-state index is 0.0233. The lowest BCUT2D eigenvalue weighted by atomic mass is 10.0. The molecular weight excluding hydrogens is 423 g/mol. The maximum absolute atomic E-state index is 13.0. The van der Waals surface area contributed by atoms with E-state index in [-0.39, 0.29) is 26.9 Å². The van der Waals surface area contributed by atoms with Crippen LogP contribution in [-0.4, -0.2) is 24.0 Å². The number of hydrogen-bond donors (Lipinski definition) is 0. The highest BCUT2D eigenvalue weighted by Gasteiger charge is 2.28. The fraction of sp³-hybridized carbons (Fsp3) is 0.158. The normalized spacial score (nSPS) is 11.5. The van der Waals surface area contributed by atoms with Gasteiger partial charge in [-0.2, -0.15) is 13.5 Å². The van der Waals surface area contributed by atoms with Gasteiger partial charge in [-0.25, -0.2) is 4.68 Å². The Labute approximate surface area is 172 Å². The molecule has 6 nitrogen and oxygen atoms in total. The molecule has 1 aromatic heterocycles. The van der Waals surface area contributed by atoms with Crippen molar-refractivity contribution in [1.29, 1.82) is 0 Å². The maximum Gasteiger partial charge on any atom is 0.340 e. The molecule has 1 heterocycles. The third kappa shape index (κ3) is 3.92. The molecule has 0 bridgehead atoms. The predicted octanol–water partition coefficient (Wildman–Crippen LogP) is 4.34. The lowest BCUT2D eigenvalue weighted by Crippen LogP contribution is -2.14. The van der Waals surface area contributed by atoms with Crippen molar-refractivity contribution in [2.24, 2.45) is 7.05 Å². The molecule has 28 heavy (non-hydrogen) atoms. The number of aryl methyl sites for hydroxylation is 3. The smallest absolute Gasteiger partial charge is 0.340 e. The number of benzene rings is 2. The molecular formula is C19H16Cl2N2O4S. The van der Waals surface area contributed by atoms with E-state index in [2.05, 4.69) is 5.10 Å². The Morgan fingerprint density at radius 2 is 1.68 bits per heavy atom. The van der Waals surface area contributed by atoms with E-state index < -0.39 is 15.9 Å². The number of ketones is 1. The van der Waals surface area contributed by atoms with Crippen molar-refractivity contribution in [2.45, 2.75) is 18.7 Å². The Morgan fingerprint density at radius 1 is 1.04 bits per heavy atom. The van der Waals surface area contributed by atoms with Crippen LogP contribution in [0, 0.1) is 13.8 Å². The largest absolute Gasteiger partial charge is 0.358 e. The Balaban J connectivity index is 2.04. The third-order valence-electron chi connectivity index (χ3n) is 4.08. The van der Waals surface area contributed by atoms with Crippen molar-refractivity contribution in [3.63, 3.8) is 0 Å². The van der Waals surface area contributed by atoms with Crippen molar-refractivity contribution in [2.75, 3.05) is 0 Å². The van der Waals surface area contributed by atoms with Crippen molar-refractivity contribution in [3.8, 4) is 5.88 Å². The molecule has 0 N–H and O–H groups in total. The summed E-state index contributed by atoms with van der Waals surface area (Å²) >= 11 is 11.9. The number of rotatable bonds is 5. The molecule has 0 spiro atoms. The second kappa shape index (κ2) is 7.58. The van der Waals surface area contributed by atoms with Crippen molar-refractivity contribution in [1.82, 2.24) is 9.78 Å². The number of nitrogens with zero attached hydrogens (tertiary/aromatic N) is 2. The molecule has 0 aliphatic carbocycles. The van der Waals surface area contributed by atoms with Gasteiger partial charge in [0.05, 0.1) is 15.7 Å². The topological polar surface area (TPSA) is 78.3 Å². The van der Waals surface area contributed by atoms with E-state index in [1.807, 2.05) is 6.92 Å². The van der Waals surface area contributed by atoms with Crippen LogP contribution in [0.15, 0.2) is 47.4 Å². The molecule has 146 valence electrons. The molecule has 3 aromatic rings. The summed E-state index contributed by atoms with van der Waals surface area (Å²) in [5, 5.41) is 4.65. The Morgan fingerprint density at radius 3 is 2.29 bits per heavy atom. The fourth-order valence-electron chi connectivity index (χ4n) is 2.63. The summed E-state index contributed by atoms with van der Waals surface area (Å²) in [6.07, 6.45) is 0. The van der Waals surface area contributed by atoms with E-state index >= 15 is 0 Å². The van der Waals surface area contributed by atoms with Crippen LogP contribution in [0.3, 0.4) is 0 Å². The monoisotopic (exact) mass is 438 g/mol. The number of halogens is 2. The number of carbonyl (C=O) groups excluding carboxylic acids is 1.